The Morgan fingerprint density at radius 3 is 2.63 bits per heavy atom. The summed E-state index contributed by atoms with van der Waals surface area (Å²) in [5.41, 5.74) is 7.06. The van der Waals surface area contributed by atoms with Gasteiger partial charge in [-0.1, -0.05) is 0 Å². The quantitative estimate of drug-likeness (QED) is 0.228. The highest BCUT2D eigenvalue weighted by Crippen LogP contribution is 2.48. The van der Waals surface area contributed by atoms with Crippen molar-refractivity contribution in [3.05, 3.63) is 34.5 Å². The molecule has 12 nitrogen and oxygen atoms in total. The van der Waals surface area contributed by atoms with Crippen LogP contribution in [-0.4, -0.2) is 111 Å². The number of aliphatic hydroxyl groups is 2. The lowest BCUT2D eigenvalue weighted by Crippen LogP contribution is -2.55. The Morgan fingerprint density at radius 1 is 1.12 bits per heavy atom. The zero-order chi connectivity index (χ0) is 35.9. The van der Waals surface area contributed by atoms with Crippen LogP contribution in [0.4, 0.5) is 24.0 Å². The first-order valence-electron chi connectivity index (χ1n) is 17.9. The van der Waals surface area contributed by atoms with E-state index in [0.29, 0.717) is 54.9 Å². The van der Waals surface area contributed by atoms with Gasteiger partial charge in [-0.3, -0.25) is 14.8 Å². The summed E-state index contributed by atoms with van der Waals surface area (Å²) in [5.74, 6) is -1.09. The van der Waals surface area contributed by atoms with Gasteiger partial charge in [-0.2, -0.15) is 15.2 Å². The maximum atomic E-state index is 17.5. The second-order valence-electron chi connectivity index (χ2n) is 14.9. The van der Waals surface area contributed by atoms with Crippen LogP contribution >= 0.6 is 11.3 Å². The van der Waals surface area contributed by atoms with Crippen molar-refractivity contribution in [2.45, 2.75) is 69.1 Å². The lowest BCUT2D eigenvalue weighted by atomic mass is 9.93. The molecule has 0 radical (unpaired) electrons. The van der Waals surface area contributed by atoms with Crippen molar-refractivity contribution in [2.24, 2.45) is 5.92 Å². The number of halogens is 3. The van der Waals surface area contributed by atoms with Crippen LogP contribution in [0.25, 0.3) is 32.2 Å². The number of aromatic nitrogens is 3. The summed E-state index contributed by atoms with van der Waals surface area (Å²) in [6.45, 7) is 3.18. The number of ether oxygens (including phenoxy) is 2. The van der Waals surface area contributed by atoms with Crippen molar-refractivity contribution in [3.8, 4) is 23.3 Å². The summed E-state index contributed by atoms with van der Waals surface area (Å²) < 4.78 is 59.7. The van der Waals surface area contributed by atoms with Gasteiger partial charge in [0.25, 0.3) is 0 Å². The summed E-state index contributed by atoms with van der Waals surface area (Å²) in [7, 11) is 0. The van der Waals surface area contributed by atoms with Crippen LogP contribution in [0.2, 0.25) is 0 Å². The van der Waals surface area contributed by atoms with Crippen LogP contribution in [0.3, 0.4) is 0 Å². The van der Waals surface area contributed by atoms with E-state index in [1.54, 1.807) is 0 Å². The summed E-state index contributed by atoms with van der Waals surface area (Å²) in [6, 6.07) is 2.06. The number of thiophene rings is 1. The molecule has 1 aromatic carbocycles. The second-order valence-corrected chi connectivity index (χ2v) is 16.0. The molecule has 4 N–H and O–H groups in total. The van der Waals surface area contributed by atoms with Crippen molar-refractivity contribution in [3.63, 3.8) is 0 Å². The number of alkyl halides is 1. The first-order valence-corrected chi connectivity index (χ1v) is 18.7. The minimum Gasteiger partial charge on any atom is -0.461 e. The summed E-state index contributed by atoms with van der Waals surface area (Å²) in [6.07, 6.45) is 3.87. The molecule has 8 heterocycles. The van der Waals surface area contributed by atoms with E-state index in [1.807, 2.05) is 0 Å². The van der Waals surface area contributed by atoms with Crippen molar-refractivity contribution in [1.82, 2.24) is 24.8 Å². The molecule has 16 heteroatoms. The number of likely N-dealkylation sites (tertiary alicyclic amines) is 1. The van der Waals surface area contributed by atoms with E-state index < -0.39 is 23.3 Å². The Balaban J connectivity index is 1.21. The predicted octanol–water partition coefficient (Wildman–Crippen LogP) is 3.88. The first kappa shape index (κ1) is 34.0. The maximum Gasteiger partial charge on any atom is 0.319 e. The Bertz CT molecular complexity index is 2110. The highest BCUT2D eigenvalue weighted by Gasteiger charge is 2.50. The molecule has 2 bridgehead atoms. The molecule has 5 aliphatic rings. The number of piperazine rings is 1. The third kappa shape index (κ3) is 5.23. The van der Waals surface area contributed by atoms with Gasteiger partial charge in [0, 0.05) is 74.8 Å². The lowest BCUT2D eigenvalue weighted by molar-refractivity contribution is 0.0988. The minimum absolute atomic E-state index is 0.00161. The van der Waals surface area contributed by atoms with Gasteiger partial charge in [0.15, 0.2) is 11.6 Å². The van der Waals surface area contributed by atoms with E-state index in [-0.39, 0.29) is 94.5 Å². The monoisotopic (exact) mass is 736 g/mol. The molecular formula is C36H39F3N8O4S. The van der Waals surface area contributed by atoms with Gasteiger partial charge in [0.2, 0.25) is 0 Å². The molecule has 0 saturated carbocycles. The molecule has 0 aliphatic carbocycles. The van der Waals surface area contributed by atoms with Crippen molar-refractivity contribution in [1.29, 1.82) is 5.26 Å². The van der Waals surface area contributed by atoms with Gasteiger partial charge in [-0.15, -0.1) is 11.3 Å². The molecule has 3 aromatic heterocycles. The Morgan fingerprint density at radius 2 is 1.88 bits per heavy atom. The number of nitrogens with zero attached hydrogens (tertiary/aromatic N) is 7. The number of hydrogen-bond acceptors (Lipinski definition) is 13. The molecule has 2 unspecified atom stereocenters. The standard InChI is InChI=1S/C36H39F3N8O4S/c37-19-6-36(4-1-5-46(36)10-19)17-51-35-43-31-28(34(44-35)47-20-2-3-21(47)12-45(11-20)9-18(13-48)14-49)24-16-50-15-23(24)26(29(31)39)30-27-22(7-40)33(41)52-32(27)25(38)8-42-30/h8,18-21,48-49H,1-6,9-17,41H2/t19-,20?,21?,36-/m1/s1. The number of nitrogens with two attached hydrogens (primary N) is 1. The molecule has 5 aliphatic heterocycles. The largest absolute Gasteiger partial charge is 0.461 e. The second kappa shape index (κ2) is 12.9. The van der Waals surface area contributed by atoms with Crippen LogP contribution in [0.1, 0.15) is 48.8 Å². The Kier molecular flexibility index (Phi) is 8.44. The molecule has 4 aromatic rings. The predicted molar refractivity (Wildman–Crippen MR) is 188 cm³/mol. The van der Waals surface area contributed by atoms with E-state index >= 15 is 8.78 Å². The number of hydrogen-bond donors (Lipinski definition) is 3. The van der Waals surface area contributed by atoms with Gasteiger partial charge in [-0.25, -0.2) is 13.2 Å². The molecule has 0 spiro atoms. The van der Waals surface area contributed by atoms with E-state index in [9.17, 15) is 19.9 Å². The van der Waals surface area contributed by atoms with Gasteiger partial charge in [0.1, 0.15) is 35.2 Å². The van der Waals surface area contributed by atoms with Crippen molar-refractivity contribution < 1.29 is 32.9 Å². The van der Waals surface area contributed by atoms with E-state index in [1.165, 1.54) is 0 Å². The molecular weight excluding hydrogens is 698 g/mol. The zero-order valence-electron chi connectivity index (χ0n) is 28.5. The number of benzene rings is 1. The van der Waals surface area contributed by atoms with Gasteiger partial charge in [0.05, 0.1) is 46.3 Å². The number of aliphatic hydroxyl groups excluding tert-OH is 2. The molecule has 4 fully saturated rings. The SMILES string of the molecule is N#Cc1c(N)sc2c(F)cnc(-c3c4c(c5c(N6C7CCC6CN(CC(CO)CO)C7)nc(OC[C@]67CCCN6C[C@H](F)C7)nc5c3F)COC4)c12. The third-order valence-corrected chi connectivity index (χ3v) is 12.9. The Labute approximate surface area is 301 Å². The Hall–Kier alpha value is -3.85. The smallest absolute Gasteiger partial charge is 0.319 e. The summed E-state index contributed by atoms with van der Waals surface area (Å²) in [5, 5.41) is 30.3. The van der Waals surface area contributed by atoms with E-state index in [0.717, 1.165) is 49.8 Å². The molecule has 274 valence electrons. The molecule has 4 atom stereocenters. The van der Waals surface area contributed by atoms with Crippen LogP contribution in [0.15, 0.2) is 6.20 Å². The number of rotatable bonds is 9. The molecule has 0 amide bonds. The van der Waals surface area contributed by atoms with Gasteiger partial charge in [-0.05, 0) is 43.4 Å². The fourth-order valence-corrected chi connectivity index (χ4v) is 10.5. The van der Waals surface area contributed by atoms with Crippen molar-refractivity contribution >= 4 is 43.1 Å². The number of anilines is 2. The third-order valence-electron chi connectivity index (χ3n) is 11.9. The van der Waals surface area contributed by atoms with Gasteiger partial charge < -0.3 is 30.3 Å². The first-order chi connectivity index (χ1) is 25.2. The lowest BCUT2D eigenvalue weighted by Gasteiger charge is -2.43. The normalized spacial score (nSPS) is 25.9. The highest BCUT2D eigenvalue weighted by atomic mass is 32.1. The number of nitrogen functional groups attached to an aromatic ring is 1. The number of fused-ring (bicyclic) bond motifs is 7. The number of pyridine rings is 1. The van der Waals surface area contributed by atoms with Gasteiger partial charge >= 0.3 is 6.01 Å². The van der Waals surface area contributed by atoms with Crippen LogP contribution in [0.5, 0.6) is 6.01 Å². The van der Waals surface area contributed by atoms with E-state index in [4.69, 9.17) is 25.2 Å². The van der Waals surface area contributed by atoms with Crippen LogP contribution in [-0.2, 0) is 18.0 Å². The summed E-state index contributed by atoms with van der Waals surface area (Å²) in [4.78, 5) is 20.7. The van der Waals surface area contributed by atoms with Crippen molar-refractivity contribution in [2.75, 3.05) is 63.2 Å². The summed E-state index contributed by atoms with van der Waals surface area (Å²) >= 11 is 0.917. The average Bonchev–Trinajstić information content (AvgIpc) is 3.95. The van der Waals surface area contributed by atoms with E-state index in [2.05, 4.69) is 25.8 Å². The maximum absolute atomic E-state index is 17.5. The molecule has 4 saturated heterocycles. The zero-order valence-corrected chi connectivity index (χ0v) is 29.3. The average molecular weight is 737 g/mol. The fraction of sp³-hybridized carbons (Fsp3) is 0.556. The number of nitriles is 1. The minimum atomic E-state index is -0.952. The molecule has 52 heavy (non-hydrogen) atoms. The van der Waals surface area contributed by atoms with Crippen LogP contribution < -0.4 is 15.4 Å². The topological polar surface area (TPSA) is 157 Å². The molecule has 9 rings (SSSR count). The fourth-order valence-electron chi connectivity index (χ4n) is 9.55. The highest BCUT2D eigenvalue weighted by molar-refractivity contribution is 7.23. The van der Waals surface area contributed by atoms with Crippen LogP contribution in [0, 0.1) is 28.9 Å².